The summed E-state index contributed by atoms with van der Waals surface area (Å²) in [6, 6.07) is 10.3. The summed E-state index contributed by atoms with van der Waals surface area (Å²) in [6.07, 6.45) is 0. The summed E-state index contributed by atoms with van der Waals surface area (Å²) in [6.45, 7) is 0.516. The molecule has 2 N–H and O–H groups in total. The van der Waals surface area contributed by atoms with Gasteiger partial charge in [-0.1, -0.05) is 39.1 Å². The third-order valence-electron chi connectivity index (χ3n) is 2.69. The van der Waals surface area contributed by atoms with Crippen molar-refractivity contribution in [3.63, 3.8) is 0 Å². The maximum atomic E-state index is 11.0. The van der Waals surface area contributed by atoms with E-state index in [4.69, 9.17) is 28.3 Å². The van der Waals surface area contributed by atoms with Crippen molar-refractivity contribution in [1.29, 1.82) is 0 Å². The van der Waals surface area contributed by atoms with Crippen molar-refractivity contribution in [1.82, 2.24) is 0 Å². The Morgan fingerprint density at radius 1 is 1.20 bits per heavy atom. The second-order valence-electron chi connectivity index (χ2n) is 4.09. The first-order chi connectivity index (χ1) is 9.47. The number of carboxylic acids is 1. The Kier molecular flexibility index (Phi) is 4.91. The summed E-state index contributed by atoms with van der Waals surface area (Å²) in [5.74, 6) is -1.05. The Labute approximate surface area is 134 Å². The van der Waals surface area contributed by atoms with Crippen molar-refractivity contribution in [3.8, 4) is 0 Å². The molecule has 0 aromatic heterocycles. The lowest BCUT2D eigenvalue weighted by atomic mass is 10.2. The number of hydrogen-bond donors (Lipinski definition) is 2. The largest absolute Gasteiger partial charge is 0.478 e. The van der Waals surface area contributed by atoms with E-state index >= 15 is 0 Å². The van der Waals surface area contributed by atoms with Crippen LogP contribution in [0.3, 0.4) is 0 Å². The van der Waals surface area contributed by atoms with Crippen LogP contribution in [0.15, 0.2) is 40.9 Å². The van der Waals surface area contributed by atoms with E-state index in [1.165, 1.54) is 6.07 Å². The molecule has 0 fully saturated rings. The van der Waals surface area contributed by atoms with Gasteiger partial charge in [-0.15, -0.1) is 0 Å². The van der Waals surface area contributed by atoms with Crippen molar-refractivity contribution in [2.24, 2.45) is 0 Å². The number of carbonyl (C=O) groups is 1. The zero-order chi connectivity index (χ0) is 14.7. The van der Waals surface area contributed by atoms with E-state index in [1.54, 1.807) is 18.2 Å². The quantitative estimate of drug-likeness (QED) is 0.785. The predicted molar refractivity (Wildman–Crippen MR) is 84.9 cm³/mol. The van der Waals surface area contributed by atoms with E-state index in [-0.39, 0.29) is 10.6 Å². The predicted octanol–water partition coefficient (Wildman–Crippen LogP) is 5.07. The van der Waals surface area contributed by atoms with E-state index in [9.17, 15) is 4.79 Å². The highest BCUT2D eigenvalue weighted by Gasteiger charge is 2.09. The van der Waals surface area contributed by atoms with Gasteiger partial charge in [-0.05, 0) is 42.0 Å². The van der Waals surface area contributed by atoms with Crippen LogP contribution in [0.1, 0.15) is 15.9 Å². The summed E-state index contributed by atoms with van der Waals surface area (Å²) >= 11 is 15.2. The third-order valence-corrected chi connectivity index (χ3v) is 4.03. The van der Waals surface area contributed by atoms with Gasteiger partial charge in [0, 0.05) is 21.7 Å². The first kappa shape index (κ1) is 15.2. The van der Waals surface area contributed by atoms with E-state index < -0.39 is 5.97 Å². The Morgan fingerprint density at radius 2 is 1.95 bits per heavy atom. The van der Waals surface area contributed by atoms with Crippen molar-refractivity contribution in [2.45, 2.75) is 6.54 Å². The molecule has 3 nitrogen and oxygen atoms in total. The fourth-order valence-corrected chi connectivity index (χ4v) is 2.46. The van der Waals surface area contributed by atoms with Crippen LogP contribution in [0, 0.1) is 0 Å². The maximum Gasteiger partial charge on any atom is 0.337 e. The molecule has 20 heavy (non-hydrogen) atoms. The molecule has 6 heteroatoms. The number of rotatable bonds is 4. The molecule has 2 aromatic carbocycles. The molecule has 2 rings (SSSR count). The van der Waals surface area contributed by atoms with Gasteiger partial charge in [0.2, 0.25) is 0 Å². The summed E-state index contributed by atoms with van der Waals surface area (Å²) in [4.78, 5) is 11.0. The van der Waals surface area contributed by atoms with Crippen LogP contribution in [-0.4, -0.2) is 11.1 Å². The van der Waals surface area contributed by atoms with Gasteiger partial charge in [-0.25, -0.2) is 4.79 Å². The molecule has 0 atom stereocenters. The first-order valence-electron chi connectivity index (χ1n) is 5.68. The van der Waals surface area contributed by atoms with Crippen LogP contribution in [0.25, 0.3) is 0 Å². The minimum atomic E-state index is -1.05. The Morgan fingerprint density at radius 3 is 2.65 bits per heavy atom. The molecule has 0 aliphatic carbocycles. The number of halogens is 3. The van der Waals surface area contributed by atoms with Crippen molar-refractivity contribution >= 4 is 50.8 Å². The zero-order valence-electron chi connectivity index (χ0n) is 10.2. The molecule has 0 radical (unpaired) electrons. The number of anilines is 1. The van der Waals surface area contributed by atoms with E-state index in [0.29, 0.717) is 17.3 Å². The topological polar surface area (TPSA) is 49.3 Å². The van der Waals surface area contributed by atoms with E-state index in [1.807, 2.05) is 12.1 Å². The summed E-state index contributed by atoms with van der Waals surface area (Å²) in [5, 5.41) is 13.0. The Bertz CT molecular complexity index is 662. The summed E-state index contributed by atoms with van der Waals surface area (Å²) in [7, 11) is 0. The van der Waals surface area contributed by atoms with Gasteiger partial charge >= 0.3 is 5.97 Å². The van der Waals surface area contributed by atoms with Gasteiger partial charge in [-0.3, -0.25) is 0 Å². The summed E-state index contributed by atoms with van der Waals surface area (Å²) in [5.41, 5.74) is 1.73. The Hall–Kier alpha value is -1.23. The molecule has 0 aliphatic rings. The Balaban J connectivity index is 2.17. The third kappa shape index (κ3) is 3.66. The SMILES string of the molecule is O=C(O)c1cc(NCc2cc(Cl)ccc2Br)ccc1Cl. The van der Waals surface area contributed by atoms with Crippen LogP contribution < -0.4 is 5.32 Å². The highest BCUT2D eigenvalue weighted by atomic mass is 79.9. The average molecular weight is 375 g/mol. The molecule has 0 spiro atoms. The molecule has 104 valence electrons. The van der Waals surface area contributed by atoms with E-state index in [2.05, 4.69) is 21.2 Å². The minimum absolute atomic E-state index is 0.0711. The van der Waals surface area contributed by atoms with Crippen molar-refractivity contribution < 1.29 is 9.90 Å². The fraction of sp³-hybridized carbons (Fsp3) is 0.0714. The van der Waals surface area contributed by atoms with Crippen LogP contribution in [0.5, 0.6) is 0 Å². The number of nitrogens with one attached hydrogen (secondary N) is 1. The standard InChI is InChI=1S/C14H10BrCl2NO2/c15-12-3-1-9(16)5-8(12)7-18-10-2-4-13(17)11(6-10)14(19)20/h1-6,18H,7H2,(H,19,20). The lowest BCUT2D eigenvalue weighted by Gasteiger charge is -2.10. The number of hydrogen-bond acceptors (Lipinski definition) is 2. The molecular weight excluding hydrogens is 365 g/mol. The monoisotopic (exact) mass is 373 g/mol. The van der Waals surface area contributed by atoms with Crippen LogP contribution >= 0.6 is 39.1 Å². The molecule has 0 saturated heterocycles. The lowest BCUT2D eigenvalue weighted by molar-refractivity contribution is 0.0697. The number of aromatic carboxylic acids is 1. The van der Waals surface area contributed by atoms with Gasteiger partial charge in [0.15, 0.2) is 0 Å². The van der Waals surface area contributed by atoms with Gasteiger partial charge in [-0.2, -0.15) is 0 Å². The lowest BCUT2D eigenvalue weighted by Crippen LogP contribution is -2.03. The molecular formula is C14H10BrCl2NO2. The average Bonchev–Trinajstić information content (AvgIpc) is 2.41. The highest BCUT2D eigenvalue weighted by Crippen LogP contribution is 2.24. The molecule has 0 amide bonds. The van der Waals surface area contributed by atoms with Crippen LogP contribution in [-0.2, 0) is 6.54 Å². The smallest absolute Gasteiger partial charge is 0.337 e. The molecule has 0 bridgehead atoms. The summed E-state index contributed by atoms with van der Waals surface area (Å²) < 4.78 is 0.932. The molecule has 0 unspecified atom stereocenters. The maximum absolute atomic E-state index is 11.0. The van der Waals surface area contributed by atoms with Gasteiger partial charge < -0.3 is 10.4 Å². The van der Waals surface area contributed by atoms with Gasteiger partial charge in [0.05, 0.1) is 10.6 Å². The molecule has 0 heterocycles. The van der Waals surface area contributed by atoms with Gasteiger partial charge in [0.1, 0.15) is 0 Å². The van der Waals surface area contributed by atoms with Crippen LogP contribution in [0.2, 0.25) is 10.0 Å². The van der Waals surface area contributed by atoms with E-state index in [0.717, 1.165) is 10.0 Å². The zero-order valence-corrected chi connectivity index (χ0v) is 13.3. The second kappa shape index (κ2) is 6.48. The number of benzene rings is 2. The second-order valence-corrected chi connectivity index (χ2v) is 5.79. The van der Waals surface area contributed by atoms with Crippen molar-refractivity contribution in [2.75, 3.05) is 5.32 Å². The molecule has 0 aliphatic heterocycles. The fourth-order valence-electron chi connectivity index (χ4n) is 1.68. The van der Waals surface area contributed by atoms with Gasteiger partial charge in [0.25, 0.3) is 0 Å². The highest BCUT2D eigenvalue weighted by molar-refractivity contribution is 9.10. The molecule has 2 aromatic rings. The molecule has 0 saturated carbocycles. The first-order valence-corrected chi connectivity index (χ1v) is 7.23. The van der Waals surface area contributed by atoms with Crippen molar-refractivity contribution in [3.05, 3.63) is 62.0 Å². The minimum Gasteiger partial charge on any atom is -0.478 e. The number of carboxylic acid groups (broad SMARTS) is 1. The van der Waals surface area contributed by atoms with Crippen LogP contribution in [0.4, 0.5) is 5.69 Å². The normalized spacial score (nSPS) is 10.3.